The summed E-state index contributed by atoms with van der Waals surface area (Å²) in [7, 11) is 0. The van der Waals surface area contributed by atoms with Crippen molar-refractivity contribution in [3.05, 3.63) is 23.8 Å². The highest BCUT2D eigenvalue weighted by Crippen LogP contribution is 2.24. The van der Waals surface area contributed by atoms with Crippen molar-refractivity contribution in [3.63, 3.8) is 0 Å². The molecule has 1 nitrogen and oxygen atoms in total. The third-order valence-corrected chi connectivity index (χ3v) is 2.05. The van der Waals surface area contributed by atoms with Gasteiger partial charge in [-0.2, -0.15) is 0 Å². The number of halogens is 2. The topological polar surface area (TPSA) is 26.0 Å². The maximum atomic E-state index is 12.8. The van der Waals surface area contributed by atoms with E-state index in [1.807, 2.05) is 0 Å². The number of benzene rings is 1. The highest BCUT2D eigenvalue weighted by Gasteiger charge is 2.09. The Balaban J connectivity index is 3.25. The monoisotopic (exact) mass is 175 g/mol. The van der Waals surface area contributed by atoms with Crippen molar-refractivity contribution in [1.82, 2.24) is 0 Å². The number of rotatable bonds is 1. The van der Waals surface area contributed by atoms with E-state index in [-0.39, 0.29) is 10.6 Å². The van der Waals surface area contributed by atoms with Crippen LogP contribution >= 0.6 is 11.8 Å². The van der Waals surface area contributed by atoms with E-state index in [1.165, 1.54) is 12.1 Å². The number of anilines is 1. The van der Waals surface area contributed by atoms with Crippen molar-refractivity contribution < 1.29 is 8.78 Å². The van der Waals surface area contributed by atoms with Crippen LogP contribution in [-0.4, -0.2) is 6.26 Å². The molecule has 1 rings (SSSR count). The lowest BCUT2D eigenvalue weighted by Gasteiger charge is -2.01. The van der Waals surface area contributed by atoms with E-state index in [1.54, 1.807) is 6.26 Å². The van der Waals surface area contributed by atoms with Gasteiger partial charge in [-0.15, -0.1) is 11.8 Å². The minimum absolute atomic E-state index is 0.152. The van der Waals surface area contributed by atoms with E-state index in [0.717, 1.165) is 11.8 Å². The molecule has 0 unspecified atom stereocenters. The number of thioether (sulfide) groups is 1. The molecule has 4 heteroatoms. The lowest BCUT2D eigenvalue weighted by molar-refractivity contribution is 0.495. The molecule has 0 spiro atoms. The van der Waals surface area contributed by atoms with Gasteiger partial charge in [-0.05, 0) is 18.4 Å². The SMILES string of the molecule is CSc1ccc(N)c(F)c1F. The third-order valence-electron chi connectivity index (χ3n) is 1.30. The van der Waals surface area contributed by atoms with Crippen molar-refractivity contribution in [2.75, 3.05) is 12.0 Å². The average Bonchev–Trinajstić information content (AvgIpc) is 2.01. The molecular weight excluding hydrogens is 168 g/mol. The molecule has 0 aliphatic rings. The molecule has 0 aromatic heterocycles. The molecule has 0 heterocycles. The molecule has 0 atom stereocenters. The Labute approximate surface area is 67.6 Å². The van der Waals surface area contributed by atoms with Crippen LogP contribution in [0.5, 0.6) is 0 Å². The first-order valence-electron chi connectivity index (χ1n) is 2.94. The zero-order valence-electron chi connectivity index (χ0n) is 5.90. The molecule has 0 aliphatic carbocycles. The molecule has 0 aliphatic heterocycles. The first-order valence-corrected chi connectivity index (χ1v) is 4.16. The van der Waals surface area contributed by atoms with Crippen LogP contribution in [0.1, 0.15) is 0 Å². The standard InChI is InChI=1S/C7H7F2NS/c1-11-5-3-2-4(10)6(8)7(5)9/h2-3H,10H2,1H3. The van der Waals surface area contributed by atoms with Gasteiger partial charge in [-0.25, -0.2) is 8.78 Å². The molecule has 0 fully saturated rings. The molecular formula is C7H7F2NS. The summed E-state index contributed by atoms with van der Waals surface area (Å²) in [6.07, 6.45) is 1.67. The largest absolute Gasteiger partial charge is 0.396 e. The lowest BCUT2D eigenvalue weighted by Crippen LogP contribution is -1.95. The predicted octanol–water partition coefficient (Wildman–Crippen LogP) is 2.27. The first kappa shape index (κ1) is 8.33. The summed E-state index contributed by atoms with van der Waals surface area (Å²) in [4.78, 5) is 0.275. The second-order valence-electron chi connectivity index (χ2n) is 1.99. The van der Waals surface area contributed by atoms with Crippen molar-refractivity contribution in [2.45, 2.75) is 4.90 Å². The van der Waals surface area contributed by atoms with E-state index >= 15 is 0 Å². The van der Waals surface area contributed by atoms with Crippen molar-refractivity contribution >= 4 is 17.4 Å². The van der Waals surface area contributed by atoms with Crippen molar-refractivity contribution in [2.24, 2.45) is 0 Å². The van der Waals surface area contributed by atoms with Crippen LogP contribution in [0.3, 0.4) is 0 Å². The number of hydrogen-bond acceptors (Lipinski definition) is 2. The van der Waals surface area contributed by atoms with Crippen molar-refractivity contribution in [3.8, 4) is 0 Å². The molecule has 2 N–H and O–H groups in total. The maximum Gasteiger partial charge on any atom is 0.182 e. The Morgan fingerprint density at radius 1 is 1.27 bits per heavy atom. The van der Waals surface area contributed by atoms with Crippen LogP contribution in [0.25, 0.3) is 0 Å². The molecule has 60 valence electrons. The van der Waals surface area contributed by atoms with Gasteiger partial charge >= 0.3 is 0 Å². The minimum Gasteiger partial charge on any atom is -0.396 e. The average molecular weight is 175 g/mol. The summed E-state index contributed by atoms with van der Waals surface area (Å²) in [5.41, 5.74) is 4.97. The van der Waals surface area contributed by atoms with E-state index in [9.17, 15) is 8.78 Å². The van der Waals surface area contributed by atoms with E-state index in [2.05, 4.69) is 0 Å². The summed E-state index contributed by atoms with van der Waals surface area (Å²) in [6, 6.07) is 2.81. The van der Waals surface area contributed by atoms with Gasteiger partial charge in [0.25, 0.3) is 0 Å². The molecule has 0 saturated heterocycles. The van der Waals surface area contributed by atoms with E-state index < -0.39 is 11.6 Å². The van der Waals surface area contributed by atoms with Crippen molar-refractivity contribution in [1.29, 1.82) is 0 Å². The predicted molar refractivity (Wildman–Crippen MR) is 42.6 cm³/mol. The molecule has 0 saturated carbocycles. The van der Waals surface area contributed by atoms with Gasteiger partial charge in [0.2, 0.25) is 0 Å². The van der Waals surface area contributed by atoms with Gasteiger partial charge in [-0.1, -0.05) is 0 Å². The fourth-order valence-corrected chi connectivity index (χ4v) is 1.18. The van der Waals surface area contributed by atoms with Gasteiger partial charge in [0.1, 0.15) is 0 Å². The Bertz CT molecular complexity index is 275. The normalized spacial score (nSPS) is 10.1. The summed E-state index contributed by atoms with van der Waals surface area (Å²) in [5, 5.41) is 0. The summed E-state index contributed by atoms with van der Waals surface area (Å²) in [6.45, 7) is 0. The minimum atomic E-state index is -0.961. The summed E-state index contributed by atoms with van der Waals surface area (Å²) < 4.78 is 25.5. The molecule has 11 heavy (non-hydrogen) atoms. The zero-order chi connectivity index (χ0) is 8.43. The van der Waals surface area contributed by atoms with Gasteiger partial charge in [-0.3, -0.25) is 0 Å². The Hall–Kier alpha value is -0.770. The molecule has 0 amide bonds. The molecule has 0 bridgehead atoms. The zero-order valence-corrected chi connectivity index (χ0v) is 6.71. The molecule has 1 aromatic rings. The van der Waals surface area contributed by atoms with Gasteiger partial charge in [0.15, 0.2) is 11.6 Å². The van der Waals surface area contributed by atoms with E-state index in [0.29, 0.717) is 0 Å². The number of nitrogen functional groups attached to an aromatic ring is 1. The van der Waals surface area contributed by atoms with Gasteiger partial charge in [0, 0.05) is 4.90 Å². The van der Waals surface area contributed by atoms with Crippen LogP contribution in [0.2, 0.25) is 0 Å². The fraction of sp³-hybridized carbons (Fsp3) is 0.143. The van der Waals surface area contributed by atoms with Crippen LogP contribution in [0.4, 0.5) is 14.5 Å². The van der Waals surface area contributed by atoms with E-state index in [4.69, 9.17) is 5.73 Å². The lowest BCUT2D eigenvalue weighted by atomic mass is 10.3. The number of hydrogen-bond donors (Lipinski definition) is 1. The molecule has 0 radical (unpaired) electrons. The van der Waals surface area contributed by atoms with Crippen LogP contribution in [-0.2, 0) is 0 Å². The first-order chi connectivity index (χ1) is 5.16. The Kier molecular flexibility index (Phi) is 2.34. The Morgan fingerprint density at radius 2 is 1.91 bits per heavy atom. The second-order valence-corrected chi connectivity index (χ2v) is 2.83. The highest BCUT2D eigenvalue weighted by atomic mass is 32.2. The fourth-order valence-electron chi connectivity index (χ4n) is 0.704. The highest BCUT2D eigenvalue weighted by molar-refractivity contribution is 7.98. The number of nitrogens with two attached hydrogens (primary N) is 1. The van der Waals surface area contributed by atoms with Gasteiger partial charge < -0.3 is 5.73 Å². The molecule has 1 aromatic carbocycles. The van der Waals surface area contributed by atoms with Crippen LogP contribution in [0, 0.1) is 11.6 Å². The Morgan fingerprint density at radius 3 is 2.45 bits per heavy atom. The van der Waals surface area contributed by atoms with Crippen LogP contribution < -0.4 is 5.73 Å². The quantitative estimate of drug-likeness (QED) is 0.523. The maximum absolute atomic E-state index is 12.8. The summed E-state index contributed by atoms with van der Waals surface area (Å²) in [5.74, 6) is -1.82. The van der Waals surface area contributed by atoms with Gasteiger partial charge in [0.05, 0.1) is 5.69 Å². The van der Waals surface area contributed by atoms with Crippen LogP contribution in [0.15, 0.2) is 17.0 Å². The third kappa shape index (κ3) is 1.45. The smallest absolute Gasteiger partial charge is 0.182 e. The summed E-state index contributed by atoms with van der Waals surface area (Å²) >= 11 is 1.15. The second kappa shape index (κ2) is 3.09.